The molecule has 3 heterocycles. The third-order valence-corrected chi connectivity index (χ3v) is 3.61. The number of ether oxygens (including phenoxy) is 1. The number of anilines is 1. The molecule has 0 saturated carbocycles. The molecule has 1 aliphatic heterocycles. The van der Waals surface area contributed by atoms with Crippen molar-refractivity contribution in [3.8, 4) is 0 Å². The predicted molar refractivity (Wildman–Crippen MR) is 88.9 cm³/mol. The molecule has 2 aromatic heterocycles. The van der Waals surface area contributed by atoms with Crippen molar-refractivity contribution in [2.24, 2.45) is 0 Å². The summed E-state index contributed by atoms with van der Waals surface area (Å²) in [4.78, 5) is 33.8. The summed E-state index contributed by atoms with van der Waals surface area (Å²) in [6.45, 7) is 6.34. The van der Waals surface area contributed by atoms with E-state index in [9.17, 15) is 9.59 Å². The van der Waals surface area contributed by atoms with Crippen molar-refractivity contribution in [1.82, 2.24) is 25.1 Å². The topological polar surface area (TPSA) is 113 Å². The molecule has 132 valence electrons. The summed E-state index contributed by atoms with van der Waals surface area (Å²) >= 11 is 0. The summed E-state index contributed by atoms with van der Waals surface area (Å²) in [6, 6.07) is 0. The first-order valence-corrected chi connectivity index (χ1v) is 7.95. The van der Waals surface area contributed by atoms with Crippen molar-refractivity contribution >= 4 is 17.8 Å². The zero-order valence-electron chi connectivity index (χ0n) is 14.4. The van der Waals surface area contributed by atoms with E-state index in [-0.39, 0.29) is 17.7 Å². The Morgan fingerprint density at radius 1 is 1.32 bits per heavy atom. The van der Waals surface area contributed by atoms with Crippen LogP contribution in [0.3, 0.4) is 0 Å². The van der Waals surface area contributed by atoms with Crippen molar-refractivity contribution in [2.45, 2.75) is 39.3 Å². The van der Waals surface area contributed by atoms with Crippen LogP contribution in [0.1, 0.15) is 42.5 Å². The van der Waals surface area contributed by atoms with Gasteiger partial charge in [-0.15, -0.1) is 0 Å². The van der Waals surface area contributed by atoms with Gasteiger partial charge in [-0.3, -0.25) is 14.9 Å². The molecule has 9 heteroatoms. The van der Waals surface area contributed by atoms with Crippen LogP contribution in [0.5, 0.6) is 0 Å². The molecule has 0 spiro atoms. The van der Waals surface area contributed by atoms with Gasteiger partial charge in [0.25, 0.3) is 5.91 Å². The molecular weight excluding hydrogens is 324 g/mol. The Labute approximate surface area is 144 Å². The number of nitrogens with zero attached hydrogens (tertiary/aromatic N) is 4. The van der Waals surface area contributed by atoms with Gasteiger partial charge in [-0.2, -0.15) is 5.10 Å². The number of fused-ring (bicyclic) bond motifs is 1. The van der Waals surface area contributed by atoms with Crippen LogP contribution >= 0.6 is 0 Å². The maximum absolute atomic E-state index is 12.2. The normalized spacial score (nSPS) is 14.0. The number of carbonyl (C=O) groups is 2. The van der Waals surface area contributed by atoms with E-state index < -0.39 is 5.60 Å². The van der Waals surface area contributed by atoms with E-state index in [1.54, 1.807) is 4.90 Å². The maximum Gasteiger partial charge on any atom is 0.410 e. The lowest BCUT2D eigenvalue weighted by Crippen LogP contribution is -2.39. The molecule has 0 bridgehead atoms. The van der Waals surface area contributed by atoms with Crippen LogP contribution in [0.2, 0.25) is 0 Å². The van der Waals surface area contributed by atoms with Crippen LogP contribution in [-0.4, -0.2) is 49.2 Å². The number of aromatic nitrogens is 4. The molecule has 9 nitrogen and oxygen atoms in total. The SMILES string of the molecule is CC(C)(C)OC(=O)N1CCc2c(NC(=O)c3cnccn3)n[nH]c2C1. The van der Waals surface area contributed by atoms with Gasteiger partial charge >= 0.3 is 6.09 Å². The first-order chi connectivity index (χ1) is 11.8. The third-order valence-electron chi connectivity index (χ3n) is 3.61. The van der Waals surface area contributed by atoms with E-state index in [2.05, 4.69) is 25.5 Å². The average Bonchev–Trinajstić information content (AvgIpc) is 2.96. The first-order valence-electron chi connectivity index (χ1n) is 7.95. The number of carbonyl (C=O) groups excluding carboxylic acids is 2. The predicted octanol–water partition coefficient (Wildman–Crippen LogP) is 1.75. The minimum atomic E-state index is -0.540. The summed E-state index contributed by atoms with van der Waals surface area (Å²) in [5.74, 6) is 0.0754. The van der Waals surface area contributed by atoms with Gasteiger partial charge < -0.3 is 15.0 Å². The molecule has 2 amide bonds. The third kappa shape index (κ3) is 3.93. The van der Waals surface area contributed by atoms with Gasteiger partial charge in [-0.1, -0.05) is 0 Å². The monoisotopic (exact) mass is 344 g/mol. The first kappa shape index (κ1) is 16.9. The minimum absolute atomic E-state index is 0.213. The second-order valence-electron chi connectivity index (χ2n) is 6.73. The fourth-order valence-electron chi connectivity index (χ4n) is 2.49. The zero-order chi connectivity index (χ0) is 18.0. The smallest absolute Gasteiger partial charge is 0.410 e. The fraction of sp³-hybridized carbons (Fsp3) is 0.438. The molecule has 0 atom stereocenters. The fourth-order valence-corrected chi connectivity index (χ4v) is 2.49. The molecule has 0 unspecified atom stereocenters. The van der Waals surface area contributed by atoms with Crippen molar-refractivity contribution in [3.63, 3.8) is 0 Å². The van der Waals surface area contributed by atoms with Gasteiger partial charge in [0.05, 0.1) is 18.4 Å². The number of hydrogen-bond acceptors (Lipinski definition) is 6. The molecule has 0 aromatic carbocycles. The van der Waals surface area contributed by atoms with E-state index in [1.165, 1.54) is 18.6 Å². The molecule has 0 radical (unpaired) electrons. The van der Waals surface area contributed by atoms with Gasteiger partial charge in [0.2, 0.25) is 0 Å². The van der Waals surface area contributed by atoms with Crippen LogP contribution in [0.15, 0.2) is 18.6 Å². The average molecular weight is 344 g/mol. The summed E-state index contributed by atoms with van der Waals surface area (Å²) < 4.78 is 5.39. The quantitative estimate of drug-likeness (QED) is 0.858. The lowest BCUT2D eigenvalue weighted by molar-refractivity contribution is 0.0221. The van der Waals surface area contributed by atoms with Gasteiger partial charge in [0.15, 0.2) is 5.82 Å². The molecule has 0 saturated heterocycles. The van der Waals surface area contributed by atoms with E-state index in [0.29, 0.717) is 25.3 Å². The van der Waals surface area contributed by atoms with Crippen molar-refractivity contribution < 1.29 is 14.3 Å². The highest BCUT2D eigenvalue weighted by molar-refractivity contribution is 6.02. The number of amides is 2. The minimum Gasteiger partial charge on any atom is -0.444 e. The summed E-state index contributed by atoms with van der Waals surface area (Å²) in [5.41, 5.74) is 1.34. The Morgan fingerprint density at radius 3 is 2.80 bits per heavy atom. The van der Waals surface area contributed by atoms with E-state index in [4.69, 9.17) is 4.74 Å². The number of hydrogen-bond donors (Lipinski definition) is 2. The van der Waals surface area contributed by atoms with Crippen LogP contribution in [-0.2, 0) is 17.7 Å². The molecule has 0 aliphatic carbocycles. The highest BCUT2D eigenvalue weighted by Crippen LogP contribution is 2.25. The van der Waals surface area contributed by atoms with E-state index in [1.807, 2.05) is 20.8 Å². The lowest BCUT2D eigenvalue weighted by Gasteiger charge is -2.29. The summed E-state index contributed by atoms with van der Waals surface area (Å²) in [6.07, 6.45) is 4.55. The Hall–Kier alpha value is -2.97. The van der Waals surface area contributed by atoms with Gasteiger partial charge in [-0.25, -0.2) is 9.78 Å². The van der Waals surface area contributed by atoms with Gasteiger partial charge in [0.1, 0.15) is 11.3 Å². The molecule has 2 N–H and O–H groups in total. The number of rotatable bonds is 2. The molecule has 0 fully saturated rings. The molecule has 2 aromatic rings. The second-order valence-corrected chi connectivity index (χ2v) is 6.73. The summed E-state index contributed by atoms with van der Waals surface area (Å²) in [5, 5.41) is 9.76. The van der Waals surface area contributed by atoms with Crippen molar-refractivity contribution in [3.05, 3.63) is 35.5 Å². The van der Waals surface area contributed by atoms with Crippen LogP contribution < -0.4 is 5.32 Å². The Kier molecular flexibility index (Phi) is 4.39. The molecule has 3 rings (SSSR count). The summed E-state index contributed by atoms with van der Waals surface area (Å²) in [7, 11) is 0. The lowest BCUT2D eigenvalue weighted by atomic mass is 10.1. The van der Waals surface area contributed by atoms with Gasteiger partial charge in [-0.05, 0) is 27.2 Å². The van der Waals surface area contributed by atoms with Crippen LogP contribution in [0.25, 0.3) is 0 Å². The van der Waals surface area contributed by atoms with E-state index in [0.717, 1.165) is 11.3 Å². The van der Waals surface area contributed by atoms with E-state index >= 15 is 0 Å². The molecule has 1 aliphatic rings. The maximum atomic E-state index is 12.2. The molecule has 25 heavy (non-hydrogen) atoms. The highest BCUT2D eigenvalue weighted by atomic mass is 16.6. The Bertz CT molecular complexity index is 781. The standard InChI is InChI=1S/C16H20N6O3/c1-16(2,3)25-15(24)22-7-4-10-12(9-22)20-21-13(10)19-14(23)11-8-17-5-6-18-11/h5-6,8H,4,7,9H2,1-3H3,(H2,19,20,21,23). The second kappa shape index (κ2) is 6.50. The zero-order valence-corrected chi connectivity index (χ0v) is 14.4. The molecular formula is C16H20N6O3. The van der Waals surface area contributed by atoms with Gasteiger partial charge in [0, 0.05) is 24.5 Å². The van der Waals surface area contributed by atoms with Crippen molar-refractivity contribution in [1.29, 1.82) is 0 Å². The number of aromatic amines is 1. The number of nitrogens with one attached hydrogen (secondary N) is 2. The number of H-pyrrole nitrogens is 1. The Balaban J connectivity index is 1.69. The van der Waals surface area contributed by atoms with Crippen molar-refractivity contribution in [2.75, 3.05) is 11.9 Å². The van der Waals surface area contributed by atoms with Crippen LogP contribution in [0, 0.1) is 0 Å². The highest BCUT2D eigenvalue weighted by Gasteiger charge is 2.28. The largest absolute Gasteiger partial charge is 0.444 e. The Morgan fingerprint density at radius 2 is 2.12 bits per heavy atom. The van der Waals surface area contributed by atoms with Crippen LogP contribution in [0.4, 0.5) is 10.6 Å².